The lowest BCUT2D eigenvalue weighted by atomic mass is 9.93. The molecule has 0 aliphatic carbocycles. The van der Waals surface area contributed by atoms with Gasteiger partial charge in [-0.05, 0) is 36.0 Å². The Labute approximate surface area is 125 Å². The van der Waals surface area contributed by atoms with Crippen molar-refractivity contribution in [3.8, 4) is 0 Å². The van der Waals surface area contributed by atoms with E-state index in [0.717, 1.165) is 12.3 Å². The summed E-state index contributed by atoms with van der Waals surface area (Å²) in [7, 11) is 0. The summed E-state index contributed by atoms with van der Waals surface area (Å²) in [6.45, 7) is 0. The number of hydrogen-bond donors (Lipinski definition) is 1. The van der Waals surface area contributed by atoms with Gasteiger partial charge in [-0.15, -0.1) is 11.8 Å². The van der Waals surface area contributed by atoms with Crippen molar-refractivity contribution in [1.82, 2.24) is 0 Å². The lowest BCUT2D eigenvalue weighted by Gasteiger charge is -2.14. The zero-order valence-electron chi connectivity index (χ0n) is 11.7. The largest absolute Gasteiger partial charge is 0.324 e. The normalized spacial score (nSPS) is 18.8. The van der Waals surface area contributed by atoms with Crippen molar-refractivity contribution in [1.29, 1.82) is 0 Å². The van der Waals surface area contributed by atoms with Crippen molar-refractivity contribution in [3.05, 3.63) is 65.7 Å². The van der Waals surface area contributed by atoms with Gasteiger partial charge >= 0.3 is 0 Å². The van der Waals surface area contributed by atoms with E-state index in [1.165, 1.54) is 29.1 Å². The van der Waals surface area contributed by atoms with Crippen LogP contribution >= 0.6 is 11.8 Å². The van der Waals surface area contributed by atoms with E-state index in [0.29, 0.717) is 0 Å². The van der Waals surface area contributed by atoms with Crippen LogP contribution in [0.15, 0.2) is 59.5 Å². The third kappa shape index (κ3) is 3.08. The van der Waals surface area contributed by atoms with Crippen LogP contribution in [-0.2, 0) is 0 Å². The molecule has 2 aromatic carbocycles. The maximum absolute atomic E-state index is 6.27. The Balaban J connectivity index is 1.52. The van der Waals surface area contributed by atoms with Gasteiger partial charge < -0.3 is 5.73 Å². The molecule has 3 rings (SSSR count). The molecule has 2 N–H and O–H groups in total. The van der Waals surface area contributed by atoms with E-state index >= 15 is 0 Å². The van der Waals surface area contributed by atoms with Gasteiger partial charge in [0.1, 0.15) is 0 Å². The van der Waals surface area contributed by atoms with Crippen LogP contribution < -0.4 is 5.73 Å². The molecule has 0 saturated heterocycles. The topological polar surface area (TPSA) is 26.0 Å². The summed E-state index contributed by atoms with van der Waals surface area (Å²) < 4.78 is 0. The molecule has 0 amide bonds. The second-order valence-electron chi connectivity index (χ2n) is 5.49. The molecule has 20 heavy (non-hydrogen) atoms. The van der Waals surface area contributed by atoms with E-state index in [1.54, 1.807) is 5.56 Å². The Bertz CT molecular complexity index is 552. The summed E-state index contributed by atoms with van der Waals surface area (Å²) in [5, 5.41) is 0. The third-order valence-electron chi connectivity index (χ3n) is 4.09. The first-order valence-electron chi connectivity index (χ1n) is 7.37. The molecule has 0 saturated carbocycles. The fourth-order valence-electron chi connectivity index (χ4n) is 2.92. The summed E-state index contributed by atoms with van der Waals surface area (Å²) in [5.74, 6) is 1.96. The van der Waals surface area contributed by atoms with Crippen LogP contribution in [0, 0.1) is 0 Å². The van der Waals surface area contributed by atoms with E-state index < -0.39 is 0 Å². The summed E-state index contributed by atoms with van der Waals surface area (Å²) in [6, 6.07) is 19.5. The monoisotopic (exact) mass is 283 g/mol. The maximum atomic E-state index is 6.27. The van der Waals surface area contributed by atoms with Crippen molar-refractivity contribution in [2.75, 3.05) is 5.75 Å². The molecule has 1 aliphatic rings. The lowest BCUT2D eigenvalue weighted by Crippen LogP contribution is -2.10. The van der Waals surface area contributed by atoms with Crippen molar-refractivity contribution in [2.24, 2.45) is 5.73 Å². The molecule has 0 bridgehead atoms. The predicted octanol–water partition coefficient (Wildman–Crippen LogP) is 4.75. The van der Waals surface area contributed by atoms with Crippen LogP contribution in [0.1, 0.15) is 42.3 Å². The molecule has 2 aromatic rings. The Morgan fingerprint density at radius 1 is 1.05 bits per heavy atom. The van der Waals surface area contributed by atoms with Crippen LogP contribution in [-0.4, -0.2) is 5.75 Å². The van der Waals surface area contributed by atoms with Crippen molar-refractivity contribution < 1.29 is 0 Å². The van der Waals surface area contributed by atoms with Crippen molar-refractivity contribution in [3.63, 3.8) is 0 Å². The van der Waals surface area contributed by atoms with Crippen molar-refractivity contribution in [2.45, 2.75) is 36.1 Å². The highest BCUT2D eigenvalue weighted by Gasteiger charge is 2.22. The van der Waals surface area contributed by atoms with Gasteiger partial charge in [-0.1, -0.05) is 55.0 Å². The average Bonchev–Trinajstić information content (AvgIpc) is 2.92. The fraction of sp³-hybridized carbons (Fsp3) is 0.333. The molecular weight excluding hydrogens is 262 g/mol. The highest BCUT2D eigenvalue weighted by atomic mass is 32.2. The highest BCUT2D eigenvalue weighted by molar-refractivity contribution is 7.99. The average molecular weight is 283 g/mol. The molecule has 0 aromatic heterocycles. The predicted molar refractivity (Wildman–Crippen MR) is 87.1 cm³/mol. The van der Waals surface area contributed by atoms with E-state index in [9.17, 15) is 0 Å². The zero-order valence-corrected chi connectivity index (χ0v) is 12.5. The van der Waals surface area contributed by atoms with Crippen LogP contribution in [0.5, 0.6) is 0 Å². The molecule has 1 nitrogen and oxygen atoms in total. The number of thioether (sulfide) groups is 1. The summed E-state index contributed by atoms with van der Waals surface area (Å²) in [6.07, 6.45) is 3.54. The summed E-state index contributed by atoms with van der Waals surface area (Å²) in [4.78, 5) is 1.48. The van der Waals surface area contributed by atoms with Gasteiger partial charge in [-0.25, -0.2) is 0 Å². The number of benzene rings is 2. The zero-order chi connectivity index (χ0) is 13.8. The minimum Gasteiger partial charge on any atom is -0.324 e. The Morgan fingerprint density at radius 3 is 2.65 bits per heavy atom. The van der Waals surface area contributed by atoms with Crippen LogP contribution in [0.3, 0.4) is 0 Å². The molecule has 0 spiro atoms. The third-order valence-corrected chi connectivity index (χ3v) is 5.35. The van der Waals surface area contributed by atoms with Gasteiger partial charge in [0, 0.05) is 16.7 Å². The molecule has 2 unspecified atom stereocenters. The molecular formula is C18H21NS. The van der Waals surface area contributed by atoms with Crippen LogP contribution in [0.25, 0.3) is 0 Å². The first-order valence-corrected chi connectivity index (χ1v) is 8.35. The minimum absolute atomic E-state index is 0.181. The Kier molecular flexibility index (Phi) is 4.44. The Morgan fingerprint density at radius 2 is 1.80 bits per heavy atom. The molecule has 104 valence electrons. The van der Waals surface area contributed by atoms with E-state index in [-0.39, 0.29) is 6.04 Å². The van der Waals surface area contributed by atoms with E-state index in [2.05, 4.69) is 48.5 Å². The Hall–Kier alpha value is -1.25. The van der Waals surface area contributed by atoms with Gasteiger partial charge in [-0.3, -0.25) is 0 Å². The molecule has 1 heterocycles. The van der Waals surface area contributed by atoms with E-state index in [4.69, 9.17) is 5.73 Å². The standard InChI is InChI=1S/C18H21NS/c19-17(14-7-2-1-3-8-14)11-6-9-15-13-20-18-12-5-4-10-16(15)18/h1-5,7-8,10,12,15,17H,6,9,11,13,19H2. The van der Waals surface area contributed by atoms with Gasteiger partial charge in [0.05, 0.1) is 0 Å². The maximum Gasteiger partial charge on any atom is 0.0294 e. The number of rotatable bonds is 5. The molecule has 2 heteroatoms. The lowest BCUT2D eigenvalue weighted by molar-refractivity contribution is 0.553. The van der Waals surface area contributed by atoms with Crippen LogP contribution in [0.2, 0.25) is 0 Å². The summed E-state index contributed by atoms with van der Waals surface area (Å²) >= 11 is 2.00. The van der Waals surface area contributed by atoms with Crippen molar-refractivity contribution >= 4 is 11.8 Å². The summed E-state index contributed by atoms with van der Waals surface area (Å²) in [5.41, 5.74) is 9.07. The number of nitrogens with two attached hydrogens (primary N) is 1. The molecule has 1 aliphatic heterocycles. The molecule has 2 atom stereocenters. The first kappa shape index (κ1) is 13.7. The fourth-order valence-corrected chi connectivity index (χ4v) is 4.22. The van der Waals surface area contributed by atoms with Gasteiger partial charge in [-0.2, -0.15) is 0 Å². The smallest absolute Gasteiger partial charge is 0.0294 e. The van der Waals surface area contributed by atoms with Gasteiger partial charge in [0.2, 0.25) is 0 Å². The van der Waals surface area contributed by atoms with Gasteiger partial charge in [0.25, 0.3) is 0 Å². The SMILES string of the molecule is NC(CCCC1CSc2ccccc21)c1ccccc1. The minimum atomic E-state index is 0.181. The highest BCUT2D eigenvalue weighted by Crippen LogP contribution is 2.41. The quantitative estimate of drug-likeness (QED) is 0.857. The molecule has 0 fully saturated rings. The molecule has 0 radical (unpaired) electrons. The second kappa shape index (κ2) is 6.47. The van der Waals surface area contributed by atoms with Gasteiger partial charge in [0.15, 0.2) is 0 Å². The van der Waals surface area contributed by atoms with E-state index in [1.807, 2.05) is 17.8 Å². The first-order chi connectivity index (χ1) is 9.84. The second-order valence-corrected chi connectivity index (χ2v) is 6.56. The van der Waals surface area contributed by atoms with Crippen LogP contribution in [0.4, 0.5) is 0 Å². The number of fused-ring (bicyclic) bond motifs is 1. The number of hydrogen-bond acceptors (Lipinski definition) is 2.